The fourth-order valence-electron chi connectivity index (χ4n) is 2.49. The minimum atomic E-state index is -0.115. The number of nitrogens with one attached hydrogen (secondary N) is 2. The van der Waals surface area contributed by atoms with Crippen molar-refractivity contribution >= 4 is 5.91 Å². The molecule has 0 aromatic heterocycles. The highest BCUT2D eigenvalue weighted by Crippen LogP contribution is 2.23. The molecule has 2 unspecified atom stereocenters. The van der Waals surface area contributed by atoms with Crippen molar-refractivity contribution in [2.45, 2.75) is 71.4 Å². The zero-order valence-corrected chi connectivity index (χ0v) is 11.8. The van der Waals surface area contributed by atoms with Crippen molar-refractivity contribution in [2.75, 3.05) is 6.54 Å². The highest BCUT2D eigenvalue weighted by atomic mass is 16.1. The Balaban J connectivity index is 2.13. The summed E-state index contributed by atoms with van der Waals surface area (Å²) >= 11 is 0. The summed E-state index contributed by atoms with van der Waals surface area (Å²) in [5, 5.41) is 6.49. The van der Waals surface area contributed by atoms with Gasteiger partial charge in [0.25, 0.3) is 0 Å². The Morgan fingerprint density at radius 3 is 2.59 bits per heavy atom. The van der Waals surface area contributed by atoms with Crippen molar-refractivity contribution in [2.24, 2.45) is 5.92 Å². The molecule has 1 aliphatic rings. The van der Waals surface area contributed by atoms with Gasteiger partial charge in [-0.2, -0.15) is 0 Å². The highest BCUT2D eigenvalue weighted by Gasteiger charge is 2.18. The molecule has 1 rings (SSSR count). The second-order valence-electron chi connectivity index (χ2n) is 6.47. The van der Waals surface area contributed by atoms with Crippen LogP contribution in [0.3, 0.4) is 0 Å². The van der Waals surface area contributed by atoms with Crippen molar-refractivity contribution in [1.29, 1.82) is 0 Å². The van der Waals surface area contributed by atoms with Crippen molar-refractivity contribution in [1.82, 2.24) is 10.6 Å². The topological polar surface area (TPSA) is 41.1 Å². The summed E-state index contributed by atoms with van der Waals surface area (Å²) in [5.41, 5.74) is -0.115. The van der Waals surface area contributed by atoms with Crippen LogP contribution in [0.4, 0.5) is 0 Å². The van der Waals surface area contributed by atoms with Crippen LogP contribution in [0.15, 0.2) is 0 Å². The molecule has 2 atom stereocenters. The van der Waals surface area contributed by atoms with Crippen LogP contribution in [0.2, 0.25) is 0 Å². The number of hydrogen-bond donors (Lipinski definition) is 2. The van der Waals surface area contributed by atoms with Gasteiger partial charge in [-0.3, -0.25) is 4.79 Å². The van der Waals surface area contributed by atoms with Gasteiger partial charge in [0.1, 0.15) is 0 Å². The number of carbonyl (C=O) groups excluding carboxylic acids is 1. The lowest BCUT2D eigenvalue weighted by atomic mass is 9.87. The molecular weight excluding hydrogens is 212 g/mol. The Bertz CT molecular complexity index is 245. The number of amides is 1. The first-order valence-electron chi connectivity index (χ1n) is 6.91. The van der Waals surface area contributed by atoms with E-state index in [0.717, 1.165) is 12.5 Å². The Labute approximate surface area is 106 Å². The van der Waals surface area contributed by atoms with Crippen LogP contribution in [0.5, 0.6) is 0 Å². The van der Waals surface area contributed by atoms with E-state index in [1.54, 1.807) is 0 Å². The monoisotopic (exact) mass is 240 g/mol. The second-order valence-corrected chi connectivity index (χ2v) is 6.47. The largest absolute Gasteiger partial charge is 0.351 e. The minimum Gasteiger partial charge on any atom is -0.351 e. The maximum atomic E-state index is 11.6. The summed E-state index contributed by atoms with van der Waals surface area (Å²) in [6, 6.07) is 0.626. The molecule has 1 saturated carbocycles. The zero-order valence-electron chi connectivity index (χ0n) is 11.8. The summed E-state index contributed by atoms with van der Waals surface area (Å²) in [4.78, 5) is 11.6. The highest BCUT2D eigenvalue weighted by molar-refractivity contribution is 5.76. The van der Waals surface area contributed by atoms with E-state index in [0.29, 0.717) is 12.5 Å². The van der Waals surface area contributed by atoms with Crippen molar-refractivity contribution in [3.8, 4) is 0 Å². The SMILES string of the molecule is CC1CCCC(NCCC(=O)NC(C)(C)C)C1. The van der Waals surface area contributed by atoms with Crippen molar-refractivity contribution in [3.05, 3.63) is 0 Å². The molecule has 0 spiro atoms. The first-order valence-corrected chi connectivity index (χ1v) is 6.91. The van der Waals surface area contributed by atoms with Crippen LogP contribution in [-0.4, -0.2) is 24.0 Å². The van der Waals surface area contributed by atoms with Gasteiger partial charge in [0.15, 0.2) is 0 Å². The van der Waals surface area contributed by atoms with Gasteiger partial charge in [0, 0.05) is 24.5 Å². The summed E-state index contributed by atoms with van der Waals surface area (Å²) < 4.78 is 0. The molecule has 1 fully saturated rings. The van der Waals surface area contributed by atoms with Crippen LogP contribution in [-0.2, 0) is 4.79 Å². The third kappa shape index (κ3) is 6.67. The summed E-state index contributed by atoms with van der Waals surface area (Å²) in [6.07, 6.45) is 5.81. The van der Waals surface area contributed by atoms with Gasteiger partial charge < -0.3 is 10.6 Å². The zero-order chi connectivity index (χ0) is 12.9. The summed E-state index contributed by atoms with van der Waals surface area (Å²) in [5.74, 6) is 0.985. The van der Waals surface area contributed by atoms with Gasteiger partial charge in [-0.05, 0) is 39.5 Å². The van der Waals surface area contributed by atoms with Crippen LogP contribution >= 0.6 is 0 Å². The first-order chi connectivity index (χ1) is 7.87. The normalized spacial score (nSPS) is 25.6. The molecule has 0 radical (unpaired) electrons. The third-order valence-electron chi connectivity index (χ3n) is 3.24. The van der Waals surface area contributed by atoms with E-state index in [-0.39, 0.29) is 11.4 Å². The Hall–Kier alpha value is -0.570. The van der Waals surface area contributed by atoms with Gasteiger partial charge in [0.2, 0.25) is 5.91 Å². The van der Waals surface area contributed by atoms with E-state index >= 15 is 0 Å². The van der Waals surface area contributed by atoms with Crippen LogP contribution in [0.25, 0.3) is 0 Å². The molecule has 0 bridgehead atoms. The lowest BCUT2D eigenvalue weighted by molar-refractivity contribution is -0.122. The molecule has 100 valence electrons. The van der Waals surface area contributed by atoms with Gasteiger partial charge in [-0.1, -0.05) is 19.8 Å². The fraction of sp³-hybridized carbons (Fsp3) is 0.929. The predicted molar refractivity (Wildman–Crippen MR) is 71.9 cm³/mol. The summed E-state index contributed by atoms with van der Waals surface area (Å²) in [6.45, 7) is 9.17. The van der Waals surface area contributed by atoms with Gasteiger partial charge in [-0.15, -0.1) is 0 Å². The minimum absolute atomic E-state index is 0.115. The summed E-state index contributed by atoms with van der Waals surface area (Å²) in [7, 11) is 0. The van der Waals surface area contributed by atoms with E-state index < -0.39 is 0 Å². The molecule has 0 aromatic rings. The molecule has 3 nitrogen and oxygen atoms in total. The molecule has 0 saturated heterocycles. The third-order valence-corrected chi connectivity index (χ3v) is 3.24. The predicted octanol–water partition coefficient (Wildman–Crippen LogP) is 2.46. The molecular formula is C14H28N2O. The first kappa shape index (κ1) is 14.5. The van der Waals surface area contributed by atoms with E-state index in [9.17, 15) is 4.79 Å². The van der Waals surface area contributed by atoms with Crippen LogP contribution < -0.4 is 10.6 Å². The van der Waals surface area contributed by atoms with Crippen molar-refractivity contribution in [3.63, 3.8) is 0 Å². The van der Waals surface area contributed by atoms with Crippen LogP contribution in [0.1, 0.15) is 59.8 Å². The number of hydrogen-bond acceptors (Lipinski definition) is 2. The smallest absolute Gasteiger partial charge is 0.221 e. The van der Waals surface area contributed by atoms with Gasteiger partial charge in [-0.25, -0.2) is 0 Å². The van der Waals surface area contributed by atoms with Gasteiger partial charge >= 0.3 is 0 Å². The lowest BCUT2D eigenvalue weighted by Gasteiger charge is -2.27. The molecule has 0 aliphatic heterocycles. The molecule has 1 amide bonds. The molecule has 0 aromatic carbocycles. The number of carbonyl (C=O) groups is 1. The number of rotatable bonds is 4. The molecule has 17 heavy (non-hydrogen) atoms. The van der Waals surface area contributed by atoms with E-state index in [1.165, 1.54) is 25.7 Å². The maximum absolute atomic E-state index is 11.6. The molecule has 2 N–H and O–H groups in total. The Kier molecular flexibility index (Phi) is 5.44. The average molecular weight is 240 g/mol. The van der Waals surface area contributed by atoms with E-state index in [1.807, 2.05) is 20.8 Å². The molecule has 3 heteroatoms. The van der Waals surface area contributed by atoms with Gasteiger partial charge in [0.05, 0.1) is 0 Å². The standard InChI is InChI=1S/C14H28N2O/c1-11-6-5-7-12(10-11)15-9-8-13(17)16-14(2,3)4/h11-12,15H,5-10H2,1-4H3,(H,16,17). The lowest BCUT2D eigenvalue weighted by Crippen LogP contribution is -2.42. The second kappa shape index (κ2) is 6.39. The van der Waals surface area contributed by atoms with E-state index in [4.69, 9.17) is 0 Å². The Morgan fingerprint density at radius 2 is 2.00 bits per heavy atom. The Morgan fingerprint density at radius 1 is 1.29 bits per heavy atom. The maximum Gasteiger partial charge on any atom is 0.221 e. The average Bonchev–Trinajstić information content (AvgIpc) is 2.14. The van der Waals surface area contributed by atoms with E-state index in [2.05, 4.69) is 17.6 Å². The molecule has 0 heterocycles. The van der Waals surface area contributed by atoms with Crippen molar-refractivity contribution < 1.29 is 4.79 Å². The fourth-order valence-corrected chi connectivity index (χ4v) is 2.49. The quantitative estimate of drug-likeness (QED) is 0.792. The van der Waals surface area contributed by atoms with Crippen LogP contribution in [0, 0.1) is 5.92 Å². The molecule has 1 aliphatic carbocycles.